The normalized spacial score (nSPS) is 13.9. The van der Waals surface area contributed by atoms with E-state index in [0.717, 1.165) is 11.3 Å². The van der Waals surface area contributed by atoms with Crippen molar-refractivity contribution in [3.8, 4) is 5.88 Å². The van der Waals surface area contributed by atoms with Crippen molar-refractivity contribution < 1.29 is 9.53 Å². The fourth-order valence-electron chi connectivity index (χ4n) is 1.29. The van der Waals surface area contributed by atoms with Gasteiger partial charge in [0.25, 0.3) is 0 Å². The number of hydrogen-bond donors (Lipinski definition) is 1. The molecule has 0 atom stereocenters. The van der Waals surface area contributed by atoms with Crippen LogP contribution < -0.4 is 10.1 Å². The number of hydrogen-bond acceptors (Lipinski definition) is 3. The molecule has 4 nitrogen and oxygen atoms in total. The zero-order valence-corrected chi connectivity index (χ0v) is 6.63. The van der Waals surface area contributed by atoms with Gasteiger partial charge < -0.3 is 10.1 Å². The van der Waals surface area contributed by atoms with Crippen molar-refractivity contribution in [1.82, 2.24) is 4.98 Å². The molecule has 0 bridgehead atoms. The van der Waals surface area contributed by atoms with Gasteiger partial charge >= 0.3 is 0 Å². The third-order valence-corrected chi connectivity index (χ3v) is 1.82. The van der Waals surface area contributed by atoms with Crippen LogP contribution in [-0.4, -0.2) is 18.0 Å². The highest BCUT2D eigenvalue weighted by Gasteiger charge is 2.21. The number of nitrogens with one attached hydrogen (secondary N) is 1. The average Bonchev–Trinajstić information content (AvgIpc) is 2.44. The fraction of sp³-hybridized carbons (Fsp3) is 0.250. The average molecular weight is 164 g/mol. The number of aromatic nitrogens is 1. The van der Waals surface area contributed by atoms with Crippen LogP contribution >= 0.6 is 0 Å². The minimum atomic E-state index is -0.00343. The van der Waals surface area contributed by atoms with Crippen LogP contribution in [0.1, 0.15) is 5.56 Å². The van der Waals surface area contributed by atoms with Crippen LogP contribution in [0.3, 0.4) is 0 Å². The second-order valence-electron chi connectivity index (χ2n) is 2.57. The third kappa shape index (κ3) is 0.922. The molecule has 0 radical (unpaired) electrons. The van der Waals surface area contributed by atoms with E-state index in [2.05, 4.69) is 10.3 Å². The molecule has 2 heterocycles. The highest BCUT2D eigenvalue weighted by Crippen LogP contribution is 2.28. The number of rotatable bonds is 1. The topological polar surface area (TPSA) is 51.2 Å². The molecule has 0 aromatic carbocycles. The Morgan fingerprint density at radius 2 is 2.50 bits per heavy atom. The molecule has 12 heavy (non-hydrogen) atoms. The number of anilines is 1. The van der Waals surface area contributed by atoms with Gasteiger partial charge in [0.15, 0.2) is 0 Å². The lowest BCUT2D eigenvalue weighted by Gasteiger charge is -2.02. The molecule has 2 rings (SSSR count). The Morgan fingerprint density at radius 3 is 3.25 bits per heavy atom. The summed E-state index contributed by atoms with van der Waals surface area (Å²) in [5.41, 5.74) is 1.66. The Morgan fingerprint density at radius 1 is 1.67 bits per heavy atom. The second-order valence-corrected chi connectivity index (χ2v) is 2.57. The smallest absolute Gasteiger partial charge is 0.229 e. The van der Waals surface area contributed by atoms with Crippen LogP contribution in [0.25, 0.3) is 0 Å². The first-order valence-electron chi connectivity index (χ1n) is 3.63. The lowest BCUT2D eigenvalue weighted by molar-refractivity contribution is -0.115. The monoisotopic (exact) mass is 164 g/mol. The molecule has 0 saturated carbocycles. The number of amides is 1. The molecule has 62 valence electrons. The molecule has 4 heteroatoms. The van der Waals surface area contributed by atoms with Crippen LogP contribution in [0.5, 0.6) is 5.88 Å². The maximum absolute atomic E-state index is 11.0. The minimum absolute atomic E-state index is 0.00343. The number of carbonyl (C=O) groups excluding carboxylic acids is 1. The van der Waals surface area contributed by atoms with Gasteiger partial charge in [-0.05, 0) is 6.07 Å². The van der Waals surface area contributed by atoms with Crippen molar-refractivity contribution in [3.05, 3.63) is 17.8 Å². The van der Waals surface area contributed by atoms with E-state index >= 15 is 0 Å². The number of ether oxygens (including phenoxy) is 1. The molecule has 1 N–H and O–H groups in total. The van der Waals surface area contributed by atoms with Crippen molar-refractivity contribution >= 4 is 11.6 Å². The van der Waals surface area contributed by atoms with Gasteiger partial charge in [0.05, 0.1) is 19.2 Å². The van der Waals surface area contributed by atoms with Gasteiger partial charge in [0, 0.05) is 11.8 Å². The molecule has 1 aromatic rings. The molecule has 0 unspecified atom stereocenters. The second kappa shape index (κ2) is 2.48. The van der Waals surface area contributed by atoms with Crippen molar-refractivity contribution in [2.45, 2.75) is 6.42 Å². The van der Waals surface area contributed by atoms with Crippen LogP contribution in [0.15, 0.2) is 12.3 Å². The maximum atomic E-state index is 11.0. The van der Waals surface area contributed by atoms with Crippen LogP contribution in [0.4, 0.5) is 5.69 Å². The summed E-state index contributed by atoms with van der Waals surface area (Å²) in [5.74, 6) is 0.530. The Labute approximate surface area is 69.6 Å². The SMILES string of the molecule is COc1nccc2c1CC(=O)N2. The van der Waals surface area contributed by atoms with E-state index in [-0.39, 0.29) is 5.91 Å². The van der Waals surface area contributed by atoms with Gasteiger partial charge in [-0.15, -0.1) is 0 Å². The summed E-state index contributed by atoms with van der Waals surface area (Å²) in [4.78, 5) is 15.0. The van der Waals surface area contributed by atoms with Gasteiger partial charge in [-0.3, -0.25) is 4.79 Å². The molecule has 1 aliphatic rings. The highest BCUT2D eigenvalue weighted by molar-refractivity contribution is 5.99. The predicted molar refractivity (Wildman–Crippen MR) is 43.1 cm³/mol. The van der Waals surface area contributed by atoms with Crippen molar-refractivity contribution in [2.24, 2.45) is 0 Å². The third-order valence-electron chi connectivity index (χ3n) is 1.82. The predicted octanol–water partition coefficient (Wildman–Crippen LogP) is 0.585. The zero-order chi connectivity index (χ0) is 8.55. The molecule has 0 fully saturated rings. The first kappa shape index (κ1) is 7.09. The number of fused-ring (bicyclic) bond motifs is 1. The van der Waals surface area contributed by atoms with Crippen LogP contribution in [0.2, 0.25) is 0 Å². The van der Waals surface area contributed by atoms with Gasteiger partial charge in [-0.2, -0.15) is 0 Å². The van der Waals surface area contributed by atoms with Crippen molar-refractivity contribution in [2.75, 3.05) is 12.4 Å². The van der Waals surface area contributed by atoms with E-state index in [9.17, 15) is 4.79 Å². The zero-order valence-electron chi connectivity index (χ0n) is 6.63. The quantitative estimate of drug-likeness (QED) is 0.660. The standard InChI is InChI=1S/C8H8N2O2/c1-12-8-5-4-7(11)10-6(5)2-3-9-8/h2-3H,4H2,1H3,(H,10,11). The summed E-state index contributed by atoms with van der Waals surface area (Å²) in [6.07, 6.45) is 1.98. The van der Waals surface area contributed by atoms with E-state index in [1.165, 1.54) is 0 Å². The van der Waals surface area contributed by atoms with E-state index in [4.69, 9.17) is 4.74 Å². The summed E-state index contributed by atoms with van der Waals surface area (Å²) in [5, 5.41) is 2.71. The van der Waals surface area contributed by atoms with E-state index in [1.807, 2.05) is 0 Å². The first-order chi connectivity index (χ1) is 5.81. The molecule has 0 aliphatic carbocycles. The van der Waals surface area contributed by atoms with Gasteiger partial charge in [-0.25, -0.2) is 4.98 Å². The minimum Gasteiger partial charge on any atom is -0.481 e. The molecule has 1 amide bonds. The van der Waals surface area contributed by atoms with Crippen LogP contribution in [0, 0.1) is 0 Å². The van der Waals surface area contributed by atoms with Crippen LogP contribution in [-0.2, 0) is 11.2 Å². The Bertz CT molecular complexity index is 336. The summed E-state index contributed by atoms with van der Waals surface area (Å²) in [6, 6.07) is 1.77. The van der Waals surface area contributed by atoms with Crippen molar-refractivity contribution in [1.29, 1.82) is 0 Å². The summed E-state index contributed by atoms with van der Waals surface area (Å²) in [7, 11) is 1.55. The Kier molecular flexibility index (Phi) is 1.46. The van der Waals surface area contributed by atoms with E-state index < -0.39 is 0 Å². The van der Waals surface area contributed by atoms with E-state index in [1.54, 1.807) is 19.4 Å². The Balaban J connectivity index is 2.51. The highest BCUT2D eigenvalue weighted by atomic mass is 16.5. The lowest BCUT2D eigenvalue weighted by atomic mass is 10.2. The summed E-state index contributed by atoms with van der Waals surface area (Å²) in [6.45, 7) is 0. The van der Waals surface area contributed by atoms with Gasteiger partial charge in [0.1, 0.15) is 0 Å². The van der Waals surface area contributed by atoms with E-state index in [0.29, 0.717) is 12.3 Å². The number of carbonyl (C=O) groups is 1. The molecule has 1 aromatic heterocycles. The molecular weight excluding hydrogens is 156 g/mol. The number of methoxy groups -OCH3 is 1. The summed E-state index contributed by atoms with van der Waals surface area (Å²) >= 11 is 0. The Hall–Kier alpha value is -1.58. The fourth-order valence-corrected chi connectivity index (χ4v) is 1.29. The van der Waals surface area contributed by atoms with Crippen molar-refractivity contribution in [3.63, 3.8) is 0 Å². The first-order valence-corrected chi connectivity index (χ1v) is 3.63. The maximum Gasteiger partial charge on any atom is 0.229 e. The molecular formula is C8H8N2O2. The largest absolute Gasteiger partial charge is 0.481 e. The molecule has 0 saturated heterocycles. The summed E-state index contributed by atoms with van der Waals surface area (Å²) < 4.78 is 5.00. The lowest BCUT2D eigenvalue weighted by Crippen LogP contribution is -2.03. The molecule has 1 aliphatic heterocycles. The van der Waals surface area contributed by atoms with Gasteiger partial charge in [-0.1, -0.05) is 0 Å². The number of pyridine rings is 1. The molecule has 0 spiro atoms. The number of nitrogens with zero attached hydrogens (tertiary/aromatic N) is 1. The van der Waals surface area contributed by atoms with Gasteiger partial charge in [0.2, 0.25) is 11.8 Å².